The molecule has 0 saturated heterocycles. The van der Waals surface area contributed by atoms with Crippen molar-refractivity contribution < 1.29 is 9.84 Å². The van der Waals surface area contributed by atoms with Crippen LogP contribution in [0.3, 0.4) is 0 Å². The number of hydrogen-bond donors (Lipinski definition) is 1. The summed E-state index contributed by atoms with van der Waals surface area (Å²) in [6.45, 7) is 2.26. The van der Waals surface area contributed by atoms with Gasteiger partial charge in [-0.15, -0.1) is 0 Å². The molecule has 0 aliphatic heterocycles. The zero-order valence-corrected chi connectivity index (χ0v) is 14.7. The van der Waals surface area contributed by atoms with Crippen molar-refractivity contribution in [2.24, 2.45) is 11.8 Å². The average Bonchev–Trinajstić information content (AvgIpc) is 2.52. The number of ether oxygens (including phenoxy) is 1. The van der Waals surface area contributed by atoms with Gasteiger partial charge in [0.05, 0.1) is 17.7 Å². The normalized spacial score (nSPS) is 23.8. The van der Waals surface area contributed by atoms with Crippen molar-refractivity contribution in [2.75, 3.05) is 7.11 Å². The minimum Gasteiger partial charge on any atom is -0.496 e. The van der Waals surface area contributed by atoms with E-state index in [0.29, 0.717) is 5.92 Å². The topological polar surface area (TPSA) is 29.5 Å². The monoisotopic (exact) mass is 354 g/mol. The fourth-order valence-electron chi connectivity index (χ4n) is 3.42. The molecule has 2 rings (SSSR count). The van der Waals surface area contributed by atoms with Gasteiger partial charge < -0.3 is 9.84 Å². The van der Waals surface area contributed by atoms with Gasteiger partial charge in [-0.25, -0.2) is 0 Å². The first kappa shape index (κ1) is 16.8. The molecule has 0 spiro atoms. The van der Waals surface area contributed by atoms with Gasteiger partial charge in [-0.2, -0.15) is 0 Å². The van der Waals surface area contributed by atoms with Gasteiger partial charge in [0.25, 0.3) is 0 Å². The van der Waals surface area contributed by atoms with E-state index in [1.54, 1.807) is 7.11 Å². The number of unbranched alkanes of at least 4 members (excludes halogenated alkanes) is 1. The lowest BCUT2D eigenvalue weighted by Gasteiger charge is -2.31. The van der Waals surface area contributed by atoms with E-state index in [2.05, 4.69) is 22.9 Å². The number of aliphatic hydroxyl groups excluding tert-OH is 1. The highest BCUT2D eigenvalue weighted by Gasteiger charge is 2.27. The molecule has 1 aliphatic carbocycles. The molecular weight excluding hydrogens is 328 g/mol. The van der Waals surface area contributed by atoms with E-state index in [1.165, 1.54) is 32.1 Å². The third-order valence-corrected chi connectivity index (χ3v) is 5.44. The van der Waals surface area contributed by atoms with E-state index < -0.39 is 0 Å². The summed E-state index contributed by atoms with van der Waals surface area (Å²) in [4.78, 5) is 0. The Bertz CT molecular complexity index is 439. The maximum atomic E-state index is 10.6. The fraction of sp³-hybridized carbons (Fsp3) is 0.667. The van der Waals surface area contributed by atoms with Crippen LogP contribution in [0.4, 0.5) is 0 Å². The molecule has 0 heterocycles. The standard InChI is InChI=1S/C18H27BrO2/c1-3-4-5-13-6-8-14(9-7-13)18(20)15-10-11-17(21-2)16(19)12-15/h10-14,18,20H,3-9H2,1-2H3. The van der Waals surface area contributed by atoms with E-state index in [4.69, 9.17) is 4.74 Å². The quantitative estimate of drug-likeness (QED) is 0.731. The Kier molecular flexibility index (Phi) is 6.56. The largest absolute Gasteiger partial charge is 0.496 e. The van der Waals surface area contributed by atoms with Gasteiger partial charge in [-0.05, 0) is 58.3 Å². The maximum Gasteiger partial charge on any atom is 0.133 e. The number of rotatable bonds is 6. The second-order valence-electron chi connectivity index (χ2n) is 6.26. The second-order valence-corrected chi connectivity index (χ2v) is 7.12. The molecule has 3 heteroatoms. The Morgan fingerprint density at radius 3 is 2.57 bits per heavy atom. The lowest BCUT2D eigenvalue weighted by Crippen LogP contribution is -2.20. The molecule has 1 fully saturated rings. The van der Waals surface area contributed by atoms with Crippen LogP contribution in [0.15, 0.2) is 22.7 Å². The Morgan fingerprint density at radius 1 is 1.29 bits per heavy atom. The summed E-state index contributed by atoms with van der Waals surface area (Å²) in [6, 6.07) is 5.90. The second kappa shape index (κ2) is 8.19. The Hall–Kier alpha value is -0.540. The highest BCUT2D eigenvalue weighted by Crippen LogP contribution is 2.39. The van der Waals surface area contributed by atoms with Crippen molar-refractivity contribution in [1.29, 1.82) is 0 Å². The molecule has 0 radical (unpaired) electrons. The third-order valence-electron chi connectivity index (χ3n) is 4.82. The summed E-state index contributed by atoms with van der Waals surface area (Å²) in [7, 11) is 1.66. The molecule has 1 unspecified atom stereocenters. The zero-order chi connectivity index (χ0) is 15.2. The Labute approximate surface area is 137 Å². The van der Waals surface area contributed by atoms with Crippen LogP contribution >= 0.6 is 15.9 Å². The van der Waals surface area contributed by atoms with Gasteiger partial charge in [0.2, 0.25) is 0 Å². The number of hydrogen-bond acceptors (Lipinski definition) is 2. The smallest absolute Gasteiger partial charge is 0.133 e. The van der Waals surface area contributed by atoms with E-state index in [1.807, 2.05) is 18.2 Å². The van der Waals surface area contributed by atoms with Crippen LogP contribution in [0.2, 0.25) is 0 Å². The van der Waals surface area contributed by atoms with Gasteiger partial charge in [0.1, 0.15) is 5.75 Å². The maximum absolute atomic E-state index is 10.6. The van der Waals surface area contributed by atoms with Gasteiger partial charge in [0.15, 0.2) is 0 Å². The van der Waals surface area contributed by atoms with E-state index >= 15 is 0 Å². The molecular formula is C18H27BrO2. The first-order valence-corrected chi connectivity index (χ1v) is 8.96. The highest BCUT2D eigenvalue weighted by molar-refractivity contribution is 9.10. The van der Waals surface area contributed by atoms with Crippen LogP contribution in [0, 0.1) is 11.8 Å². The van der Waals surface area contributed by atoms with Crippen LogP contribution in [-0.2, 0) is 0 Å². The molecule has 1 aromatic carbocycles. The van der Waals surface area contributed by atoms with Crippen molar-refractivity contribution in [2.45, 2.75) is 58.0 Å². The Morgan fingerprint density at radius 2 is 2.00 bits per heavy atom. The Balaban J connectivity index is 1.92. The first-order chi connectivity index (χ1) is 10.2. The number of methoxy groups -OCH3 is 1. The van der Waals surface area contributed by atoms with Gasteiger partial charge in [-0.3, -0.25) is 0 Å². The van der Waals surface area contributed by atoms with Crippen molar-refractivity contribution >= 4 is 15.9 Å². The summed E-state index contributed by atoms with van der Waals surface area (Å²) in [5.74, 6) is 2.10. The van der Waals surface area contributed by atoms with Crippen molar-refractivity contribution in [1.82, 2.24) is 0 Å². The predicted molar refractivity (Wildman–Crippen MR) is 90.6 cm³/mol. The minimum absolute atomic E-state index is 0.348. The molecule has 1 aliphatic rings. The first-order valence-electron chi connectivity index (χ1n) is 8.17. The summed E-state index contributed by atoms with van der Waals surface area (Å²) >= 11 is 3.50. The lowest BCUT2D eigenvalue weighted by molar-refractivity contribution is 0.0719. The number of aliphatic hydroxyl groups is 1. The minimum atomic E-state index is -0.348. The van der Waals surface area contributed by atoms with Crippen LogP contribution < -0.4 is 4.74 Å². The molecule has 21 heavy (non-hydrogen) atoms. The van der Waals surface area contributed by atoms with Crippen molar-refractivity contribution in [3.63, 3.8) is 0 Å². The van der Waals surface area contributed by atoms with E-state index in [-0.39, 0.29) is 6.10 Å². The van der Waals surface area contributed by atoms with Gasteiger partial charge in [0, 0.05) is 0 Å². The molecule has 0 aromatic heterocycles. The highest BCUT2D eigenvalue weighted by atomic mass is 79.9. The van der Waals surface area contributed by atoms with Crippen LogP contribution in [0.1, 0.15) is 63.5 Å². The van der Waals surface area contributed by atoms with Crippen LogP contribution in [-0.4, -0.2) is 12.2 Å². The van der Waals surface area contributed by atoms with Crippen LogP contribution in [0.5, 0.6) is 5.75 Å². The number of halogens is 1. The number of benzene rings is 1. The fourth-order valence-corrected chi connectivity index (χ4v) is 3.98. The summed E-state index contributed by atoms with van der Waals surface area (Å²) < 4.78 is 6.16. The average molecular weight is 355 g/mol. The lowest BCUT2D eigenvalue weighted by atomic mass is 9.76. The molecule has 0 bridgehead atoms. The molecule has 1 saturated carbocycles. The molecule has 1 atom stereocenters. The van der Waals surface area contributed by atoms with Gasteiger partial charge in [-0.1, -0.05) is 45.1 Å². The molecule has 118 valence electrons. The summed E-state index contributed by atoms with van der Waals surface area (Å²) in [5.41, 5.74) is 1.000. The molecule has 0 amide bonds. The van der Waals surface area contributed by atoms with Crippen LogP contribution in [0.25, 0.3) is 0 Å². The summed E-state index contributed by atoms with van der Waals surface area (Å²) in [6.07, 6.45) is 8.52. The zero-order valence-electron chi connectivity index (χ0n) is 13.1. The SMILES string of the molecule is CCCCC1CCC(C(O)c2ccc(OC)c(Br)c2)CC1. The van der Waals surface area contributed by atoms with Gasteiger partial charge >= 0.3 is 0 Å². The third kappa shape index (κ3) is 4.46. The summed E-state index contributed by atoms with van der Waals surface area (Å²) in [5, 5.41) is 10.6. The molecule has 1 N–H and O–H groups in total. The molecule has 1 aromatic rings. The van der Waals surface area contributed by atoms with E-state index in [9.17, 15) is 5.11 Å². The van der Waals surface area contributed by atoms with Crippen molar-refractivity contribution in [3.8, 4) is 5.75 Å². The predicted octanol–water partition coefficient (Wildman–Crippen LogP) is 5.49. The molecule has 2 nitrogen and oxygen atoms in total. The van der Waals surface area contributed by atoms with E-state index in [0.717, 1.165) is 34.5 Å². The van der Waals surface area contributed by atoms with Crippen molar-refractivity contribution in [3.05, 3.63) is 28.2 Å².